The highest BCUT2D eigenvalue weighted by atomic mass is 14.9. The van der Waals surface area contributed by atoms with E-state index < -0.39 is 0 Å². The Morgan fingerprint density at radius 3 is 2.37 bits per heavy atom. The van der Waals surface area contributed by atoms with Gasteiger partial charge in [-0.15, -0.1) is 0 Å². The normalized spacial score (nSPS) is 12.1. The molecule has 0 unspecified atom stereocenters. The Morgan fingerprint density at radius 1 is 1.21 bits per heavy atom. The average Bonchev–Trinajstić information content (AvgIpc) is 2.39. The summed E-state index contributed by atoms with van der Waals surface area (Å²) in [6, 6.07) is 4.31. The summed E-state index contributed by atoms with van der Waals surface area (Å²) >= 11 is 0. The SMILES string of the molecule is CCCC(CCC)(CNCC(C)C)c1cccnc1. The minimum absolute atomic E-state index is 0.257. The second-order valence-electron chi connectivity index (χ2n) is 6.05. The smallest absolute Gasteiger partial charge is 0.0306 e. The number of hydrogen-bond acceptors (Lipinski definition) is 2. The average molecular weight is 262 g/mol. The van der Waals surface area contributed by atoms with E-state index in [2.05, 4.69) is 56.3 Å². The second kappa shape index (κ2) is 8.31. The highest BCUT2D eigenvalue weighted by molar-refractivity contribution is 5.22. The molecule has 0 aliphatic carbocycles. The van der Waals surface area contributed by atoms with Crippen molar-refractivity contribution in [2.75, 3.05) is 13.1 Å². The van der Waals surface area contributed by atoms with Crippen molar-refractivity contribution >= 4 is 0 Å². The summed E-state index contributed by atoms with van der Waals surface area (Å²) in [4.78, 5) is 4.33. The van der Waals surface area contributed by atoms with Gasteiger partial charge in [0, 0.05) is 24.4 Å². The molecule has 0 radical (unpaired) electrons. The first-order valence-electron chi connectivity index (χ1n) is 7.76. The van der Waals surface area contributed by atoms with Crippen LogP contribution in [0.25, 0.3) is 0 Å². The van der Waals surface area contributed by atoms with Gasteiger partial charge in [0.05, 0.1) is 0 Å². The van der Waals surface area contributed by atoms with Crippen LogP contribution in [0, 0.1) is 5.92 Å². The summed E-state index contributed by atoms with van der Waals surface area (Å²) in [5.41, 5.74) is 1.65. The van der Waals surface area contributed by atoms with Gasteiger partial charge in [0.15, 0.2) is 0 Å². The molecule has 1 heterocycles. The van der Waals surface area contributed by atoms with E-state index in [0.717, 1.165) is 13.1 Å². The maximum atomic E-state index is 4.33. The Bertz CT molecular complexity index is 326. The fraction of sp³-hybridized carbons (Fsp3) is 0.706. The Morgan fingerprint density at radius 2 is 1.89 bits per heavy atom. The van der Waals surface area contributed by atoms with Crippen LogP contribution in [0.2, 0.25) is 0 Å². The third kappa shape index (κ3) is 4.94. The van der Waals surface area contributed by atoms with Gasteiger partial charge in [-0.05, 0) is 36.9 Å². The number of pyridine rings is 1. The van der Waals surface area contributed by atoms with Gasteiger partial charge < -0.3 is 5.32 Å². The zero-order valence-electron chi connectivity index (χ0n) is 13.1. The van der Waals surface area contributed by atoms with Crippen molar-refractivity contribution in [3.05, 3.63) is 30.1 Å². The van der Waals surface area contributed by atoms with E-state index in [0.29, 0.717) is 5.92 Å². The van der Waals surface area contributed by atoms with Crippen LogP contribution in [0.1, 0.15) is 58.9 Å². The van der Waals surface area contributed by atoms with Crippen LogP contribution in [0.3, 0.4) is 0 Å². The van der Waals surface area contributed by atoms with Gasteiger partial charge >= 0.3 is 0 Å². The zero-order valence-corrected chi connectivity index (χ0v) is 13.1. The summed E-state index contributed by atoms with van der Waals surface area (Å²) in [5.74, 6) is 0.704. The summed E-state index contributed by atoms with van der Waals surface area (Å²) in [6.45, 7) is 11.2. The fourth-order valence-electron chi connectivity index (χ4n) is 2.93. The van der Waals surface area contributed by atoms with Crippen molar-refractivity contribution < 1.29 is 0 Å². The second-order valence-corrected chi connectivity index (χ2v) is 6.05. The molecule has 0 aromatic carbocycles. The number of nitrogens with zero attached hydrogens (tertiary/aromatic N) is 1. The van der Waals surface area contributed by atoms with Crippen LogP contribution in [0.4, 0.5) is 0 Å². The van der Waals surface area contributed by atoms with Crippen molar-refractivity contribution in [1.29, 1.82) is 0 Å². The molecule has 1 aromatic rings. The Balaban J connectivity index is 2.86. The molecule has 0 atom stereocenters. The van der Waals surface area contributed by atoms with Crippen LogP contribution in [-0.2, 0) is 5.41 Å². The van der Waals surface area contributed by atoms with Crippen molar-refractivity contribution in [3.63, 3.8) is 0 Å². The van der Waals surface area contributed by atoms with Crippen LogP contribution in [0.15, 0.2) is 24.5 Å². The number of hydrogen-bond donors (Lipinski definition) is 1. The van der Waals surface area contributed by atoms with Gasteiger partial charge in [0.2, 0.25) is 0 Å². The van der Waals surface area contributed by atoms with Gasteiger partial charge in [0.25, 0.3) is 0 Å². The third-order valence-corrected chi connectivity index (χ3v) is 3.75. The molecule has 19 heavy (non-hydrogen) atoms. The lowest BCUT2D eigenvalue weighted by Gasteiger charge is -2.34. The largest absolute Gasteiger partial charge is 0.316 e. The van der Waals surface area contributed by atoms with E-state index in [1.54, 1.807) is 0 Å². The number of nitrogens with one attached hydrogen (secondary N) is 1. The fourth-order valence-corrected chi connectivity index (χ4v) is 2.93. The molecule has 0 bridgehead atoms. The first-order valence-corrected chi connectivity index (χ1v) is 7.76. The first kappa shape index (κ1) is 16.2. The monoisotopic (exact) mass is 262 g/mol. The van der Waals surface area contributed by atoms with Gasteiger partial charge in [-0.2, -0.15) is 0 Å². The van der Waals surface area contributed by atoms with Crippen LogP contribution in [0.5, 0.6) is 0 Å². The Kier molecular flexibility index (Phi) is 7.07. The molecule has 0 amide bonds. The molecule has 108 valence electrons. The summed E-state index contributed by atoms with van der Waals surface area (Å²) in [5, 5.41) is 3.67. The lowest BCUT2D eigenvalue weighted by molar-refractivity contribution is 0.327. The minimum Gasteiger partial charge on any atom is -0.316 e. The molecular weight excluding hydrogens is 232 g/mol. The molecule has 0 spiro atoms. The number of rotatable bonds is 9. The van der Waals surface area contributed by atoms with Gasteiger partial charge in [-0.25, -0.2) is 0 Å². The quantitative estimate of drug-likeness (QED) is 0.722. The predicted octanol–water partition coefficient (Wildman–Crippen LogP) is 4.17. The topological polar surface area (TPSA) is 24.9 Å². The molecule has 2 heteroatoms. The molecule has 0 saturated heterocycles. The van der Waals surface area contributed by atoms with Crippen LogP contribution >= 0.6 is 0 Å². The standard InChI is InChI=1S/C17H30N2/c1-5-9-17(10-6-2,14-19-12-15(3)4)16-8-7-11-18-13-16/h7-8,11,13,15,19H,5-6,9-10,12,14H2,1-4H3. The summed E-state index contributed by atoms with van der Waals surface area (Å²) < 4.78 is 0. The summed E-state index contributed by atoms with van der Waals surface area (Å²) in [7, 11) is 0. The number of aromatic nitrogens is 1. The van der Waals surface area contributed by atoms with Crippen molar-refractivity contribution in [3.8, 4) is 0 Å². The van der Waals surface area contributed by atoms with E-state index in [1.165, 1.54) is 31.2 Å². The van der Waals surface area contributed by atoms with Gasteiger partial charge in [-0.3, -0.25) is 4.98 Å². The molecule has 0 aliphatic heterocycles. The lowest BCUT2D eigenvalue weighted by Crippen LogP contribution is -2.39. The van der Waals surface area contributed by atoms with Crippen molar-refractivity contribution in [1.82, 2.24) is 10.3 Å². The highest BCUT2D eigenvalue weighted by Gasteiger charge is 2.30. The first-order chi connectivity index (χ1) is 9.14. The molecule has 0 fully saturated rings. The van der Waals surface area contributed by atoms with Gasteiger partial charge in [-0.1, -0.05) is 46.6 Å². The Hall–Kier alpha value is -0.890. The molecule has 2 nitrogen and oxygen atoms in total. The van der Waals surface area contributed by atoms with Gasteiger partial charge in [0.1, 0.15) is 0 Å². The van der Waals surface area contributed by atoms with E-state index in [9.17, 15) is 0 Å². The van der Waals surface area contributed by atoms with E-state index in [1.807, 2.05) is 6.20 Å². The molecule has 0 aliphatic rings. The van der Waals surface area contributed by atoms with Crippen LogP contribution < -0.4 is 5.32 Å². The maximum Gasteiger partial charge on any atom is 0.0306 e. The Labute approximate surface area is 119 Å². The highest BCUT2D eigenvalue weighted by Crippen LogP contribution is 2.33. The zero-order chi connectivity index (χ0) is 14.1. The molecule has 1 rings (SSSR count). The minimum atomic E-state index is 0.257. The maximum absolute atomic E-state index is 4.33. The molecular formula is C17H30N2. The van der Waals surface area contributed by atoms with Crippen molar-refractivity contribution in [2.45, 2.75) is 58.8 Å². The van der Waals surface area contributed by atoms with E-state index >= 15 is 0 Å². The van der Waals surface area contributed by atoms with E-state index in [4.69, 9.17) is 0 Å². The van der Waals surface area contributed by atoms with Crippen LogP contribution in [-0.4, -0.2) is 18.1 Å². The van der Waals surface area contributed by atoms with Crippen molar-refractivity contribution in [2.24, 2.45) is 5.92 Å². The lowest BCUT2D eigenvalue weighted by atomic mass is 9.74. The van der Waals surface area contributed by atoms with E-state index in [-0.39, 0.29) is 5.41 Å². The predicted molar refractivity (Wildman–Crippen MR) is 83.4 cm³/mol. The molecule has 1 N–H and O–H groups in total. The third-order valence-electron chi connectivity index (χ3n) is 3.75. The summed E-state index contributed by atoms with van der Waals surface area (Å²) in [6.07, 6.45) is 8.84. The molecule has 1 aromatic heterocycles. The molecule has 0 saturated carbocycles.